The molecule has 0 spiro atoms. The number of nitrogens with one attached hydrogen (secondary N) is 1. The van der Waals surface area contributed by atoms with Crippen molar-refractivity contribution in [1.29, 1.82) is 0 Å². The highest BCUT2D eigenvalue weighted by Gasteiger charge is 2.17. The van der Waals surface area contributed by atoms with Gasteiger partial charge in [-0.1, -0.05) is 35.2 Å². The molecule has 2 heterocycles. The van der Waals surface area contributed by atoms with E-state index >= 15 is 0 Å². The Morgan fingerprint density at radius 1 is 0.613 bits per heavy atom. The third-order valence-electron chi connectivity index (χ3n) is 7.39. The number of fused-ring (bicyclic) bond motifs is 7. The zero-order valence-electron chi connectivity index (χ0n) is 18.6. The van der Waals surface area contributed by atoms with E-state index in [4.69, 9.17) is 4.42 Å². The maximum Gasteiger partial charge on any atom is 0.145 e. The van der Waals surface area contributed by atoms with E-state index in [2.05, 4.69) is 86.7 Å². The van der Waals surface area contributed by atoms with E-state index in [0.29, 0.717) is 0 Å². The van der Waals surface area contributed by atoms with E-state index in [0.717, 1.165) is 22.2 Å². The van der Waals surface area contributed by atoms with Crippen molar-refractivity contribution in [1.82, 2.24) is 4.98 Å². The molecule has 0 aliphatic carbocycles. The van der Waals surface area contributed by atoms with Gasteiger partial charge in [0.1, 0.15) is 50.4 Å². The molecule has 4 aromatic carbocycles. The van der Waals surface area contributed by atoms with Gasteiger partial charge in [0.05, 0.1) is 10.9 Å². The number of benzene rings is 4. The summed E-state index contributed by atoms with van der Waals surface area (Å²) < 4.78 is 6.36. The van der Waals surface area contributed by atoms with Gasteiger partial charge in [0, 0.05) is 21.7 Å². The Labute approximate surface area is 185 Å². The lowest BCUT2D eigenvalue weighted by atomic mass is 9.59. The molecule has 6 aromatic rings. The van der Waals surface area contributed by atoms with Crippen molar-refractivity contribution in [3.05, 3.63) is 54.6 Å². The zero-order chi connectivity index (χ0) is 21.4. The van der Waals surface area contributed by atoms with E-state index in [9.17, 15) is 0 Å². The number of aromatic nitrogens is 1. The highest BCUT2D eigenvalue weighted by molar-refractivity contribution is 6.68. The molecule has 0 aliphatic heterocycles. The Hall–Kier alpha value is -3.20. The van der Waals surface area contributed by atoms with Gasteiger partial charge in [-0.05, 0) is 41.5 Å². The fraction of sp³-hybridized carbons (Fsp3) is 0. The third-order valence-corrected chi connectivity index (χ3v) is 7.39. The smallest absolute Gasteiger partial charge is 0.145 e. The number of hydrogen-bond acceptors (Lipinski definition) is 1. The van der Waals surface area contributed by atoms with Crippen LogP contribution in [0.25, 0.3) is 54.9 Å². The van der Waals surface area contributed by atoms with Crippen LogP contribution < -0.4 is 27.3 Å². The maximum atomic E-state index is 6.36. The molecule has 0 saturated carbocycles. The van der Waals surface area contributed by atoms with E-state index in [1.54, 1.807) is 0 Å². The summed E-state index contributed by atoms with van der Waals surface area (Å²) in [6, 6.07) is 19.4. The summed E-state index contributed by atoms with van der Waals surface area (Å²) in [7, 11) is 11.2. The van der Waals surface area contributed by atoms with Crippen LogP contribution in [0.3, 0.4) is 0 Å². The van der Waals surface area contributed by atoms with Gasteiger partial charge < -0.3 is 9.40 Å². The lowest BCUT2D eigenvalue weighted by molar-refractivity contribution is 0.673. The van der Waals surface area contributed by atoms with Gasteiger partial charge in [-0.15, -0.1) is 16.4 Å². The molecule has 0 fully saturated rings. The highest BCUT2D eigenvalue weighted by atomic mass is 16.3. The summed E-state index contributed by atoms with van der Waals surface area (Å²) in [5, 5.41) is 4.72. The molecule has 0 atom stereocenters. The quantitative estimate of drug-likeness (QED) is 0.328. The molecule has 1 N–H and O–H groups in total. The number of H-pyrrole nitrogens is 1. The molecule has 0 aliphatic rings. The number of aromatic amines is 1. The molecule has 0 saturated heterocycles. The first-order chi connectivity index (χ1) is 15.0. The van der Waals surface area contributed by atoms with Gasteiger partial charge in [-0.2, -0.15) is 0 Å². The Kier molecular flexibility index (Phi) is 3.83. The van der Waals surface area contributed by atoms with Gasteiger partial charge in [-0.25, -0.2) is 0 Å². The van der Waals surface area contributed by atoms with Crippen molar-refractivity contribution in [2.24, 2.45) is 0 Å². The molecule has 0 bridgehead atoms. The Balaban J connectivity index is 1.73. The molecule has 0 unspecified atom stereocenters. The predicted octanol–water partition coefficient (Wildman–Crippen LogP) is -1.82. The lowest BCUT2D eigenvalue weighted by Crippen LogP contribution is -2.55. The van der Waals surface area contributed by atoms with E-state index in [1.807, 2.05) is 12.1 Å². The topological polar surface area (TPSA) is 28.9 Å². The second-order valence-electron chi connectivity index (χ2n) is 8.85. The second-order valence-corrected chi connectivity index (χ2v) is 8.85. The summed E-state index contributed by atoms with van der Waals surface area (Å²) in [4.78, 5) is 3.59. The van der Waals surface area contributed by atoms with Crippen molar-refractivity contribution in [2.75, 3.05) is 0 Å². The number of para-hydroxylation sites is 1. The molecule has 0 radical (unpaired) electrons. The molecule has 31 heavy (non-hydrogen) atoms. The van der Waals surface area contributed by atoms with Crippen LogP contribution in [0.5, 0.6) is 0 Å². The third kappa shape index (κ3) is 2.46. The molecule has 2 aromatic heterocycles. The average molecular weight is 392 g/mol. The first kappa shape index (κ1) is 18.6. The van der Waals surface area contributed by atoms with Crippen molar-refractivity contribution in [3.8, 4) is 11.1 Å². The van der Waals surface area contributed by atoms with Crippen LogP contribution in [-0.4, -0.2) is 44.2 Å². The van der Waals surface area contributed by atoms with Crippen molar-refractivity contribution in [3.63, 3.8) is 0 Å². The minimum Gasteiger partial charge on any atom is -0.455 e. The maximum absolute atomic E-state index is 6.36. The molecule has 6 rings (SSSR count). The fourth-order valence-corrected chi connectivity index (χ4v) is 5.25. The molecular weight excluding hydrogens is 372 g/mol. The molecule has 2 nitrogen and oxygen atoms in total. The normalized spacial score (nSPS) is 11.9. The number of rotatable bonds is 1. The SMILES string of the molecule is Bc1c(B)c(B)c(-c2ccc3[nH]c4ccc5c6ccccc6oc5c4c3c2)c(B)c1B. The van der Waals surface area contributed by atoms with E-state index < -0.39 is 0 Å². The van der Waals surface area contributed by atoms with Gasteiger partial charge in [-0.3, -0.25) is 0 Å². The summed E-state index contributed by atoms with van der Waals surface area (Å²) in [5.41, 5.74) is 13.7. The van der Waals surface area contributed by atoms with Crippen molar-refractivity contribution < 1.29 is 4.42 Å². The van der Waals surface area contributed by atoms with E-state index in [1.165, 1.54) is 60.0 Å². The largest absolute Gasteiger partial charge is 0.455 e. The second kappa shape index (κ2) is 6.40. The highest BCUT2D eigenvalue weighted by Crippen LogP contribution is 2.38. The first-order valence-corrected chi connectivity index (χ1v) is 10.9. The van der Waals surface area contributed by atoms with Gasteiger partial charge in [0.2, 0.25) is 0 Å². The lowest BCUT2D eigenvalue weighted by Gasteiger charge is -2.20. The molecule has 7 heteroatoms. The first-order valence-electron chi connectivity index (χ1n) is 10.9. The van der Waals surface area contributed by atoms with Crippen LogP contribution in [0.1, 0.15) is 0 Å². The minimum absolute atomic E-state index is 0.937. The Bertz CT molecular complexity index is 1670. The number of furan rings is 1. The predicted molar refractivity (Wildman–Crippen MR) is 149 cm³/mol. The summed E-state index contributed by atoms with van der Waals surface area (Å²) in [6.45, 7) is 0. The molecule has 142 valence electrons. The van der Waals surface area contributed by atoms with Crippen LogP contribution >= 0.6 is 0 Å². The average Bonchev–Trinajstić information content (AvgIpc) is 3.34. The minimum atomic E-state index is 0.937. The Morgan fingerprint density at radius 2 is 1.29 bits per heavy atom. The van der Waals surface area contributed by atoms with Crippen molar-refractivity contribution >= 4 is 110 Å². The van der Waals surface area contributed by atoms with E-state index in [-0.39, 0.29) is 0 Å². The van der Waals surface area contributed by atoms with Gasteiger partial charge in [0.15, 0.2) is 0 Å². The summed E-state index contributed by atoms with van der Waals surface area (Å²) in [5.74, 6) is 0. The standard InChI is InChI=1S/C24H20B5NO/c25-19-17(20(26)22(28)23(29)21(19)27)10-5-7-14-13(9-10)18-15(30-14)8-6-12-11-3-1-2-4-16(11)31-24(12)18/h1-9,30H,25-29H2. The van der Waals surface area contributed by atoms with Gasteiger partial charge in [0.25, 0.3) is 0 Å². The summed E-state index contributed by atoms with van der Waals surface area (Å²) >= 11 is 0. The Morgan fingerprint density at radius 3 is 2.06 bits per heavy atom. The molecule has 0 amide bonds. The number of hydrogen-bond donors (Lipinski definition) is 1. The summed E-state index contributed by atoms with van der Waals surface area (Å²) in [6.07, 6.45) is 0. The van der Waals surface area contributed by atoms with Crippen LogP contribution in [0.15, 0.2) is 59.0 Å². The van der Waals surface area contributed by atoms with Crippen molar-refractivity contribution in [2.45, 2.75) is 0 Å². The molecular formula is C24H20B5NO. The van der Waals surface area contributed by atoms with Crippen LogP contribution in [0.4, 0.5) is 0 Å². The van der Waals surface area contributed by atoms with Crippen LogP contribution in [-0.2, 0) is 0 Å². The van der Waals surface area contributed by atoms with Crippen LogP contribution in [0.2, 0.25) is 0 Å². The van der Waals surface area contributed by atoms with Crippen LogP contribution in [0, 0.1) is 0 Å². The fourth-order valence-electron chi connectivity index (χ4n) is 5.25. The zero-order valence-corrected chi connectivity index (χ0v) is 18.6. The monoisotopic (exact) mass is 393 g/mol. The van der Waals surface area contributed by atoms with Gasteiger partial charge >= 0.3 is 0 Å².